The van der Waals surface area contributed by atoms with Crippen LogP contribution in [0, 0.1) is 0 Å². The number of thiocarbonyl (C=S) groups is 1. The molecule has 60 heavy (non-hydrogen) atoms. The summed E-state index contributed by atoms with van der Waals surface area (Å²) >= 11 is 5.15. The molecule has 2 amide bonds. The van der Waals surface area contributed by atoms with Crippen molar-refractivity contribution in [2.24, 2.45) is 5.73 Å². The number of hydrogen-bond acceptors (Lipinski definition) is 10. The molecule has 0 saturated carbocycles. The van der Waals surface area contributed by atoms with Gasteiger partial charge in [0.05, 0.1) is 24.3 Å². The van der Waals surface area contributed by atoms with Crippen molar-refractivity contribution in [3.8, 4) is 39.9 Å². The molecule has 7 N–H and O–H groups in total. The zero-order chi connectivity index (χ0) is 41.8. The number of aromatic amines is 1. The van der Waals surface area contributed by atoms with E-state index in [0.29, 0.717) is 85.2 Å². The van der Waals surface area contributed by atoms with Gasteiger partial charge in [0.1, 0.15) is 40.3 Å². The van der Waals surface area contributed by atoms with Crippen molar-refractivity contribution < 1.29 is 43.5 Å². The second kappa shape index (κ2) is 17.1. The first kappa shape index (κ1) is 39.9. The van der Waals surface area contributed by atoms with Gasteiger partial charge in [-0.3, -0.25) is 9.59 Å². The number of aromatic nitrogens is 1. The number of unbranched alkanes of at least 4 members (excludes halogenated alkanes) is 2. The lowest BCUT2D eigenvalue weighted by molar-refractivity contribution is -0.121. The highest BCUT2D eigenvalue weighted by molar-refractivity contribution is 7.80. The zero-order valence-corrected chi connectivity index (χ0v) is 33.2. The normalized spacial score (nSPS) is 13.2. The number of fused-ring (bicyclic) bond motifs is 7. The van der Waals surface area contributed by atoms with Crippen LogP contribution >= 0.6 is 12.2 Å². The lowest BCUT2D eigenvalue weighted by atomic mass is 9.77. The van der Waals surface area contributed by atoms with Gasteiger partial charge in [-0.1, -0.05) is 42.9 Å². The third-order valence-electron chi connectivity index (χ3n) is 10.6. The van der Waals surface area contributed by atoms with Gasteiger partial charge in [-0.25, -0.2) is 4.79 Å². The van der Waals surface area contributed by atoms with E-state index in [-0.39, 0.29) is 40.4 Å². The minimum absolute atomic E-state index is 0.0385. The molecular weight excluding hydrogens is 785 g/mol. The molecular formula is C46H42N4O9S. The van der Waals surface area contributed by atoms with Gasteiger partial charge < -0.3 is 50.5 Å². The van der Waals surface area contributed by atoms with Gasteiger partial charge in [-0.15, -0.1) is 0 Å². The third-order valence-corrected chi connectivity index (χ3v) is 10.8. The number of rotatable bonds is 16. The number of nitrogens with two attached hydrogens (primary N) is 1. The lowest BCUT2D eigenvalue weighted by Gasteiger charge is -2.36. The molecule has 1 aromatic heterocycles. The van der Waals surface area contributed by atoms with E-state index in [1.165, 1.54) is 30.3 Å². The number of H-pyrrole nitrogens is 1. The van der Waals surface area contributed by atoms with Crippen molar-refractivity contribution >= 4 is 45.9 Å². The molecule has 0 bridgehead atoms. The van der Waals surface area contributed by atoms with E-state index in [1.807, 2.05) is 48.7 Å². The first-order chi connectivity index (χ1) is 29.1. The number of phenols is 2. The van der Waals surface area contributed by atoms with E-state index < -0.39 is 11.6 Å². The fraction of sp³-hybridized carbons (Fsp3) is 0.217. The lowest BCUT2D eigenvalue weighted by Crippen LogP contribution is -2.33. The molecule has 14 heteroatoms. The van der Waals surface area contributed by atoms with E-state index >= 15 is 0 Å². The maximum atomic E-state index is 13.4. The summed E-state index contributed by atoms with van der Waals surface area (Å²) in [5.74, 6) is 0.150. The Morgan fingerprint density at radius 3 is 2.30 bits per heavy atom. The topological polar surface area (TPSA) is 194 Å². The number of carbonyl (C=O) groups is 3. The number of phenolic OH excluding ortho intramolecular Hbond substituents is 2. The van der Waals surface area contributed by atoms with Crippen molar-refractivity contribution in [3.63, 3.8) is 0 Å². The summed E-state index contributed by atoms with van der Waals surface area (Å²) in [4.78, 5) is 42.5. The molecule has 0 fully saturated rings. The van der Waals surface area contributed by atoms with Crippen LogP contribution in [0.2, 0.25) is 0 Å². The Labute approximate surface area is 350 Å². The second-order valence-electron chi connectivity index (χ2n) is 14.5. The van der Waals surface area contributed by atoms with Crippen LogP contribution in [-0.2, 0) is 19.9 Å². The second-order valence-corrected chi connectivity index (χ2v) is 14.9. The van der Waals surface area contributed by atoms with Crippen molar-refractivity contribution in [1.82, 2.24) is 15.6 Å². The van der Waals surface area contributed by atoms with E-state index in [9.17, 15) is 24.6 Å². The molecule has 5 aromatic carbocycles. The number of esters is 1. The minimum Gasteiger partial charge on any atom is -0.508 e. The molecule has 0 atom stereocenters. The highest BCUT2D eigenvalue weighted by Gasteiger charge is 2.53. The molecule has 0 unspecified atom stereocenters. The predicted molar refractivity (Wildman–Crippen MR) is 228 cm³/mol. The van der Waals surface area contributed by atoms with Crippen molar-refractivity contribution in [1.29, 1.82) is 0 Å². The predicted octanol–water partition coefficient (Wildman–Crippen LogP) is 6.95. The summed E-state index contributed by atoms with van der Waals surface area (Å²) in [6, 6.07) is 27.7. The van der Waals surface area contributed by atoms with Crippen LogP contribution in [0.3, 0.4) is 0 Å². The van der Waals surface area contributed by atoms with E-state index in [1.54, 1.807) is 24.3 Å². The molecule has 8 rings (SSSR count). The van der Waals surface area contributed by atoms with Crippen LogP contribution in [0.25, 0.3) is 22.0 Å². The van der Waals surface area contributed by atoms with E-state index in [0.717, 1.165) is 34.0 Å². The van der Waals surface area contributed by atoms with Crippen LogP contribution < -0.4 is 25.8 Å². The summed E-state index contributed by atoms with van der Waals surface area (Å²) in [5, 5.41) is 27.1. The van der Waals surface area contributed by atoms with Crippen LogP contribution in [0.5, 0.6) is 28.7 Å². The Morgan fingerprint density at radius 2 is 1.53 bits per heavy atom. The molecule has 3 heterocycles. The summed E-state index contributed by atoms with van der Waals surface area (Å²) in [6.45, 7) is 1.82. The number of amides is 2. The number of ether oxygens (including phenoxy) is 4. The first-order valence-electron chi connectivity index (χ1n) is 19.6. The van der Waals surface area contributed by atoms with Crippen LogP contribution in [-0.4, -0.2) is 70.9 Å². The first-order valence-corrected chi connectivity index (χ1v) is 20.0. The fourth-order valence-corrected chi connectivity index (χ4v) is 7.87. The van der Waals surface area contributed by atoms with Crippen LogP contribution in [0.4, 0.5) is 0 Å². The summed E-state index contributed by atoms with van der Waals surface area (Å²) in [5.41, 5.74) is 10.2. The van der Waals surface area contributed by atoms with Gasteiger partial charge in [0.2, 0.25) is 5.91 Å². The van der Waals surface area contributed by atoms with Crippen LogP contribution in [0.1, 0.15) is 68.7 Å². The van der Waals surface area contributed by atoms with Gasteiger partial charge in [0.25, 0.3) is 5.91 Å². The van der Waals surface area contributed by atoms with Crippen LogP contribution in [0.15, 0.2) is 103 Å². The highest BCUT2D eigenvalue weighted by atomic mass is 32.1. The molecule has 306 valence electrons. The summed E-state index contributed by atoms with van der Waals surface area (Å²) in [7, 11) is 0. The Bertz CT molecular complexity index is 2590. The average Bonchev–Trinajstić information content (AvgIpc) is 3.85. The standard InChI is InChI=1S/C46H42N4O9S/c47-43(60)28-6-4-5-27(23-28)32-11-15-38(42-33(32)16-18-49-42)57-22-21-56-20-19-48-41(53)7-2-1-3-17-50-44(54)29-8-12-35-34(24-29)45(55)59-46(35)36-13-9-30(51)25-39(36)58-40-26-31(52)10-14-37(40)46/h4-6,8-16,18,23-26,49,51-52H,1-3,7,17,19-22H2,(H2,47,60)(H,48,53)(H,50,54). The smallest absolute Gasteiger partial charge is 0.340 e. The molecule has 0 saturated heterocycles. The summed E-state index contributed by atoms with van der Waals surface area (Å²) in [6.07, 6.45) is 4.28. The molecule has 0 aliphatic carbocycles. The molecule has 13 nitrogen and oxygen atoms in total. The zero-order valence-electron chi connectivity index (χ0n) is 32.4. The Morgan fingerprint density at radius 1 is 0.767 bits per heavy atom. The quantitative estimate of drug-likeness (QED) is 0.0336. The number of benzene rings is 5. The Kier molecular flexibility index (Phi) is 11.4. The van der Waals surface area contributed by atoms with Crippen molar-refractivity contribution in [2.75, 3.05) is 32.9 Å². The number of hydrogen-bond donors (Lipinski definition) is 6. The number of carbonyl (C=O) groups excluding carboxylic acids is 3. The highest BCUT2D eigenvalue weighted by Crippen LogP contribution is 2.57. The molecule has 1 spiro atoms. The third kappa shape index (κ3) is 7.94. The monoisotopic (exact) mass is 826 g/mol. The van der Waals surface area contributed by atoms with Gasteiger partial charge in [-0.2, -0.15) is 0 Å². The molecule has 0 radical (unpaired) electrons. The molecule has 2 aliphatic rings. The minimum atomic E-state index is -1.40. The maximum absolute atomic E-state index is 13.4. The van der Waals surface area contributed by atoms with Gasteiger partial charge in [-0.05, 0) is 84.6 Å². The average molecular weight is 827 g/mol. The summed E-state index contributed by atoms with van der Waals surface area (Å²) < 4.78 is 23.8. The largest absolute Gasteiger partial charge is 0.508 e. The Balaban J connectivity index is 0.740. The van der Waals surface area contributed by atoms with Gasteiger partial charge in [0, 0.05) is 71.0 Å². The molecule has 6 aromatic rings. The SMILES string of the molecule is NC(=S)c1cccc(-c2ccc(OCCOCCNC(=O)CCCCCNC(=O)c3ccc4c(c3)C(=O)OC43c4ccc(O)cc4Oc4cc(O)ccc43)c3[nH]ccc23)c1. The van der Waals surface area contributed by atoms with E-state index in [2.05, 4.69) is 15.6 Å². The van der Waals surface area contributed by atoms with Crippen molar-refractivity contribution in [2.45, 2.75) is 31.3 Å². The maximum Gasteiger partial charge on any atom is 0.340 e. The van der Waals surface area contributed by atoms with E-state index in [4.69, 9.17) is 36.9 Å². The van der Waals surface area contributed by atoms with Gasteiger partial charge in [0.15, 0.2) is 5.60 Å². The number of aromatic hydroxyl groups is 2. The fourth-order valence-electron chi connectivity index (χ4n) is 7.74. The molecule has 2 aliphatic heterocycles. The van der Waals surface area contributed by atoms with Gasteiger partial charge >= 0.3 is 5.97 Å². The Hall–Kier alpha value is -6.90. The number of nitrogens with one attached hydrogen (secondary N) is 3. The van der Waals surface area contributed by atoms with Crippen molar-refractivity contribution in [3.05, 3.63) is 137 Å².